The summed E-state index contributed by atoms with van der Waals surface area (Å²) in [4.78, 5) is 26.1. The predicted molar refractivity (Wildman–Crippen MR) is 74.4 cm³/mol. The van der Waals surface area contributed by atoms with Crippen LogP contribution in [-0.4, -0.2) is 11.8 Å². The fraction of sp³-hybridized carbons (Fsp3) is 0.429. The van der Waals surface area contributed by atoms with Gasteiger partial charge in [0.1, 0.15) is 0 Å². The zero-order chi connectivity index (χ0) is 13.6. The molecular weight excluding hydrogens is 285 g/mol. The summed E-state index contributed by atoms with van der Waals surface area (Å²) in [7, 11) is 0. The molecule has 5 heteroatoms. The first-order valence-corrected chi connectivity index (χ1v) is 7.18. The molecule has 3 nitrogen and oxygen atoms in total. The Morgan fingerprint density at radius 2 is 1.58 bits per heavy atom. The minimum Gasteiger partial charge on any atom is -0.274 e. The molecule has 0 aromatic heterocycles. The van der Waals surface area contributed by atoms with Crippen LogP contribution < -0.4 is 4.90 Å². The molecule has 0 unspecified atom stereocenters. The summed E-state index contributed by atoms with van der Waals surface area (Å²) in [6.07, 6.45) is 3.64. The maximum atomic E-state index is 12.4. The summed E-state index contributed by atoms with van der Waals surface area (Å²) < 4.78 is 0. The second kappa shape index (κ2) is 4.80. The number of carbonyl (C=O) groups excluding carboxylic acids is 2. The maximum absolute atomic E-state index is 12.4. The van der Waals surface area contributed by atoms with E-state index in [1.807, 2.05) is 0 Å². The average Bonchev–Trinajstić information content (AvgIpc) is 2.64. The van der Waals surface area contributed by atoms with Gasteiger partial charge in [0.05, 0.1) is 22.5 Å². The van der Waals surface area contributed by atoms with Crippen LogP contribution in [0, 0.1) is 11.8 Å². The summed E-state index contributed by atoms with van der Waals surface area (Å²) in [6, 6.07) is 4.84. The molecule has 1 aromatic carbocycles. The van der Waals surface area contributed by atoms with Crippen molar-refractivity contribution in [2.45, 2.75) is 25.7 Å². The van der Waals surface area contributed by atoms with Crippen molar-refractivity contribution in [2.75, 3.05) is 4.90 Å². The number of imide groups is 1. The van der Waals surface area contributed by atoms with Crippen LogP contribution in [0.15, 0.2) is 18.2 Å². The van der Waals surface area contributed by atoms with E-state index >= 15 is 0 Å². The van der Waals surface area contributed by atoms with Gasteiger partial charge in [-0.25, -0.2) is 4.90 Å². The van der Waals surface area contributed by atoms with Crippen molar-refractivity contribution in [3.05, 3.63) is 28.2 Å². The first-order valence-electron chi connectivity index (χ1n) is 6.42. The van der Waals surface area contributed by atoms with Gasteiger partial charge in [-0.1, -0.05) is 36.0 Å². The van der Waals surface area contributed by atoms with Gasteiger partial charge in [-0.15, -0.1) is 0 Å². The number of fused-ring (bicyclic) bond motifs is 1. The third kappa shape index (κ3) is 2.05. The van der Waals surface area contributed by atoms with Crippen LogP contribution in [0.3, 0.4) is 0 Å². The summed E-state index contributed by atoms with van der Waals surface area (Å²) in [5, 5.41) is 0.832. The van der Waals surface area contributed by atoms with Gasteiger partial charge in [0.15, 0.2) is 0 Å². The Morgan fingerprint density at radius 1 is 1.00 bits per heavy atom. The zero-order valence-corrected chi connectivity index (χ0v) is 11.7. The summed E-state index contributed by atoms with van der Waals surface area (Å²) in [5.41, 5.74) is 0.454. The molecule has 2 amide bonds. The van der Waals surface area contributed by atoms with Crippen molar-refractivity contribution in [1.29, 1.82) is 0 Å². The number of halogens is 2. The summed E-state index contributed by atoms with van der Waals surface area (Å²) in [5.74, 6) is -0.543. The largest absolute Gasteiger partial charge is 0.274 e. The fourth-order valence-corrected chi connectivity index (χ4v) is 3.56. The van der Waals surface area contributed by atoms with Gasteiger partial charge >= 0.3 is 0 Å². The SMILES string of the molecule is O=C1[C@H]2CCCC[C@@H]2C(=O)N1c1ccc(Cl)cc1Cl. The van der Waals surface area contributed by atoms with Gasteiger partial charge < -0.3 is 0 Å². The molecule has 2 atom stereocenters. The Bertz CT molecular complexity index is 534. The van der Waals surface area contributed by atoms with Crippen molar-refractivity contribution in [3.8, 4) is 0 Å². The maximum Gasteiger partial charge on any atom is 0.237 e. The van der Waals surface area contributed by atoms with E-state index in [-0.39, 0.29) is 23.7 Å². The summed E-state index contributed by atoms with van der Waals surface area (Å²) >= 11 is 12.0. The van der Waals surface area contributed by atoms with Gasteiger partial charge in [-0.2, -0.15) is 0 Å². The monoisotopic (exact) mass is 297 g/mol. The van der Waals surface area contributed by atoms with Gasteiger partial charge in [0.2, 0.25) is 11.8 Å². The summed E-state index contributed by atoms with van der Waals surface area (Å²) in [6.45, 7) is 0. The van der Waals surface area contributed by atoms with Crippen molar-refractivity contribution in [1.82, 2.24) is 0 Å². The molecule has 1 aliphatic carbocycles. The number of anilines is 1. The highest BCUT2D eigenvalue weighted by atomic mass is 35.5. The minimum absolute atomic E-state index is 0.112. The van der Waals surface area contributed by atoms with Gasteiger partial charge in [-0.3, -0.25) is 9.59 Å². The lowest BCUT2D eigenvalue weighted by Gasteiger charge is -2.19. The van der Waals surface area contributed by atoms with Gasteiger partial charge in [0, 0.05) is 5.02 Å². The van der Waals surface area contributed by atoms with E-state index in [4.69, 9.17) is 23.2 Å². The van der Waals surface area contributed by atoms with Gasteiger partial charge in [-0.05, 0) is 31.0 Å². The Kier molecular flexibility index (Phi) is 3.27. The Labute approximate surface area is 121 Å². The molecule has 1 aliphatic heterocycles. The highest BCUT2D eigenvalue weighted by Gasteiger charge is 2.49. The van der Waals surface area contributed by atoms with E-state index in [0.29, 0.717) is 15.7 Å². The molecule has 1 heterocycles. The fourth-order valence-electron chi connectivity index (χ4n) is 3.06. The number of hydrogen-bond acceptors (Lipinski definition) is 2. The van der Waals surface area contributed by atoms with Gasteiger partial charge in [0.25, 0.3) is 0 Å². The third-order valence-electron chi connectivity index (χ3n) is 3.99. The first kappa shape index (κ1) is 12.9. The van der Waals surface area contributed by atoms with Crippen LogP contribution >= 0.6 is 23.2 Å². The second-order valence-corrected chi connectivity index (χ2v) is 5.95. The molecule has 2 fully saturated rings. The van der Waals surface area contributed by atoms with Crippen LogP contribution in [0.25, 0.3) is 0 Å². The van der Waals surface area contributed by atoms with Crippen molar-refractivity contribution < 1.29 is 9.59 Å². The van der Waals surface area contributed by atoms with E-state index in [9.17, 15) is 9.59 Å². The van der Waals surface area contributed by atoms with E-state index in [1.54, 1.807) is 18.2 Å². The smallest absolute Gasteiger partial charge is 0.237 e. The molecule has 0 N–H and O–H groups in total. The normalized spacial score (nSPS) is 26.7. The third-order valence-corrected chi connectivity index (χ3v) is 4.53. The number of nitrogens with zero attached hydrogens (tertiary/aromatic N) is 1. The van der Waals surface area contributed by atoms with E-state index < -0.39 is 0 Å². The molecule has 2 aliphatic rings. The van der Waals surface area contributed by atoms with E-state index in [2.05, 4.69) is 0 Å². The second-order valence-electron chi connectivity index (χ2n) is 5.11. The molecule has 0 bridgehead atoms. The molecule has 0 spiro atoms. The van der Waals surface area contributed by atoms with Crippen LogP contribution in [0.2, 0.25) is 10.0 Å². The lowest BCUT2D eigenvalue weighted by Crippen LogP contribution is -2.31. The molecule has 3 rings (SSSR count). The van der Waals surface area contributed by atoms with Crippen LogP contribution in [-0.2, 0) is 9.59 Å². The van der Waals surface area contributed by atoms with Crippen molar-refractivity contribution >= 4 is 40.7 Å². The van der Waals surface area contributed by atoms with E-state index in [0.717, 1.165) is 25.7 Å². The van der Waals surface area contributed by atoms with Crippen molar-refractivity contribution in [3.63, 3.8) is 0 Å². The Hall–Kier alpha value is -1.06. The molecule has 1 aromatic rings. The molecule has 19 heavy (non-hydrogen) atoms. The molecule has 0 radical (unpaired) electrons. The lowest BCUT2D eigenvalue weighted by atomic mass is 9.81. The number of carbonyl (C=O) groups is 2. The molecule has 100 valence electrons. The molecule has 1 saturated carbocycles. The molecular formula is C14H13Cl2NO2. The number of benzene rings is 1. The number of hydrogen-bond donors (Lipinski definition) is 0. The van der Waals surface area contributed by atoms with Crippen LogP contribution in [0.1, 0.15) is 25.7 Å². The first-order chi connectivity index (χ1) is 9.09. The predicted octanol–water partition coefficient (Wildman–Crippen LogP) is 3.67. The standard InChI is InChI=1S/C14H13Cl2NO2/c15-8-5-6-12(11(16)7-8)17-13(18)9-3-1-2-4-10(9)14(17)19/h5-7,9-10H,1-4H2/t9-,10-/m0/s1. The number of rotatable bonds is 1. The molecule has 1 saturated heterocycles. The minimum atomic E-state index is -0.159. The Balaban J connectivity index is 2.00. The Morgan fingerprint density at radius 3 is 2.11 bits per heavy atom. The van der Waals surface area contributed by atoms with Crippen LogP contribution in [0.4, 0.5) is 5.69 Å². The highest BCUT2D eigenvalue weighted by molar-refractivity contribution is 6.38. The van der Waals surface area contributed by atoms with Crippen molar-refractivity contribution in [2.24, 2.45) is 11.8 Å². The number of amides is 2. The highest BCUT2D eigenvalue weighted by Crippen LogP contribution is 2.42. The zero-order valence-electron chi connectivity index (χ0n) is 10.2. The quantitative estimate of drug-likeness (QED) is 0.742. The van der Waals surface area contributed by atoms with Crippen LogP contribution in [0.5, 0.6) is 0 Å². The average molecular weight is 298 g/mol. The van der Waals surface area contributed by atoms with E-state index in [1.165, 1.54) is 4.90 Å². The lowest BCUT2D eigenvalue weighted by molar-refractivity contribution is -0.122. The topological polar surface area (TPSA) is 37.4 Å².